The lowest BCUT2D eigenvalue weighted by atomic mass is 10.1. The van der Waals surface area contributed by atoms with Gasteiger partial charge in [-0.15, -0.1) is 0 Å². The van der Waals surface area contributed by atoms with E-state index in [1.54, 1.807) is 10.9 Å². The SMILES string of the molecule is Cn1nccc1-c1ccc(Sc2c(F)cccc2F)cc1. The van der Waals surface area contributed by atoms with Crippen LogP contribution in [-0.4, -0.2) is 9.78 Å². The highest BCUT2D eigenvalue weighted by molar-refractivity contribution is 7.99. The van der Waals surface area contributed by atoms with Crippen LogP contribution in [-0.2, 0) is 7.05 Å². The van der Waals surface area contributed by atoms with E-state index in [9.17, 15) is 8.78 Å². The number of halogens is 2. The van der Waals surface area contributed by atoms with Crippen molar-refractivity contribution in [1.82, 2.24) is 9.78 Å². The molecule has 0 aliphatic rings. The van der Waals surface area contributed by atoms with Crippen molar-refractivity contribution in [1.29, 1.82) is 0 Å². The Morgan fingerprint density at radius 3 is 2.19 bits per heavy atom. The summed E-state index contributed by atoms with van der Waals surface area (Å²) in [5.74, 6) is -1.09. The summed E-state index contributed by atoms with van der Waals surface area (Å²) in [7, 11) is 1.87. The monoisotopic (exact) mass is 302 g/mol. The van der Waals surface area contributed by atoms with Gasteiger partial charge in [0.25, 0.3) is 0 Å². The second-order valence-electron chi connectivity index (χ2n) is 4.52. The van der Waals surface area contributed by atoms with Gasteiger partial charge < -0.3 is 0 Å². The first-order valence-corrected chi connectivity index (χ1v) is 7.17. The first kappa shape index (κ1) is 13.8. The zero-order valence-electron chi connectivity index (χ0n) is 11.3. The first-order chi connectivity index (χ1) is 10.1. The minimum Gasteiger partial charge on any atom is -0.268 e. The fourth-order valence-corrected chi connectivity index (χ4v) is 2.89. The molecule has 0 unspecified atom stereocenters. The molecule has 2 aromatic carbocycles. The molecule has 106 valence electrons. The van der Waals surface area contributed by atoms with Gasteiger partial charge in [-0.05, 0) is 35.9 Å². The van der Waals surface area contributed by atoms with Crippen LogP contribution >= 0.6 is 11.8 Å². The van der Waals surface area contributed by atoms with Crippen molar-refractivity contribution >= 4 is 11.8 Å². The molecule has 1 heterocycles. The lowest BCUT2D eigenvalue weighted by molar-refractivity contribution is 0.540. The molecule has 0 aliphatic carbocycles. The second-order valence-corrected chi connectivity index (χ2v) is 5.60. The Morgan fingerprint density at radius 1 is 0.952 bits per heavy atom. The van der Waals surface area contributed by atoms with Gasteiger partial charge >= 0.3 is 0 Å². The minimum atomic E-state index is -0.546. The van der Waals surface area contributed by atoms with Crippen LogP contribution in [0.15, 0.2) is 64.5 Å². The van der Waals surface area contributed by atoms with Crippen molar-refractivity contribution in [3.8, 4) is 11.3 Å². The first-order valence-electron chi connectivity index (χ1n) is 6.35. The van der Waals surface area contributed by atoms with Crippen LogP contribution in [0.1, 0.15) is 0 Å². The van der Waals surface area contributed by atoms with E-state index in [1.165, 1.54) is 18.2 Å². The van der Waals surface area contributed by atoms with E-state index in [4.69, 9.17) is 0 Å². The Balaban J connectivity index is 1.87. The van der Waals surface area contributed by atoms with Crippen LogP contribution in [0.25, 0.3) is 11.3 Å². The van der Waals surface area contributed by atoms with Crippen molar-refractivity contribution in [2.75, 3.05) is 0 Å². The molecular formula is C16H12F2N2S. The number of benzene rings is 2. The molecule has 3 rings (SSSR count). The Kier molecular flexibility index (Phi) is 3.75. The minimum absolute atomic E-state index is 0.0192. The number of rotatable bonds is 3. The van der Waals surface area contributed by atoms with E-state index in [-0.39, 0.29) is 4.90 Å². The Hall–Kier alpha value is -2.14. The molecule has 2 nitrogen and oxygen atoms in total. The fourth-order valence-electron chi connectivity index (χ4n) is 2.05. The highest BCUT2D eigenvalue weighted by Crippen LogP contribution is 2.33. The van der Waals surface area contributed by atoms with E-state index in [0.717, 1.165) is 27.9 Å². The molecule has 5 heteroatoms. The molecule has 0 atom stereocenters. The van der Waals surface area contributed by atoms with Gasteiger partial charge in [-0.2, -0.15) is 5.10 Å². The van der Waals surface area contributed by atoms with Crippen LogP contribution in [0.2, 0.25) is 0 Å². The molecule has 0 radical (unpaired) electrons. The molecule has 0 spiro atoms. The summed E-state index contributed by atoms with van der Waals surface area (Å²) in [6.07, 6.45) is 1.73. The van der Waals surface area contributed by atoms with Crippen LogP contribution in [0.5, 0.6) is 0 Å². The van der Waals surface area contributed by atoms with Crippen LogP contribution in [0.3, 0.4) is 0 Å². The predicted molar refractivity (Wildman–Crippen MR) is 79.1 cm³/mol. The molecular weight excluding hydrogens is 290 g/mol. The lowest BCUT2D eigenvalue weighted by Crippen LogP contribution is -1.93. The number of hydrogen-bond donors (Lipinski definition) is 0. The summed E-state index contributed by atoms with van der Waals surface area (Å²) >= 11 is 1.08. The van der Waals surface area contributed by atoms with Crippen molar-refractivity contribution in [3.05, 3.63) is 66.4 Å². The third kappa shape index (κ3) is 2.83. The smallest absolute Gasteiger partial charge is 0.140 e. The van der Waals surface area contributed by atoms with E-state index in [2.05, 4.69) is 5.10 Å². The van der Waals surface area contributed by atoms with Gasteiger partial charge in [-0.3, -0.25) is 4.68 Å². The van der Waals surface area contributed by atoms with Gasteiger partial charge in [0, 0.05) is 18.1 Å². The third-order valence-electron chi connectivity index (χ3n) is 3.11. The summed E-state index contributed by atoms with van der Waals surface area (Å²) in [6.45, 7) is 0. The maximum atomic E-state index is 13.6. The largest absolute Gasteiger partial charge is 0.268 e. The van der Waals surface area contributed by atoms with E-state index in [0.29, 0.717) is 0 Å². The Bertz CT molecular complexity index is 746. The summed E-state index contributed by atoms with van der Waals surface area (Å²) in [6, 6.07) is 13.3. The van der Waals surface area contributed by atoms with Gasteiger partial charge in [0.2, 0.25) is 0 Å². The van der Waals surface area contributed by atoms with Gasteiger partial charge in [0.15, 0.2) is 0 Å². The molecule has 0 saturated heterocycles. The highest BCUT2D eigenvalue weighted by atomic mass is 32.2. The van der Waals surface area contributed by atoms with Gasteiger partial charge in [0.1, 0.15) is 11.6 Å². The zero-order chi connectivity index (χ0) is 14.8. The average molecular weight is 302 g/mol. The fraction of sp³-hybridized carbons (Fsp3) is 0.0625. The molecule has 0 N–H and O–H groups in total. The summed E-state index contributed by atoms with van der Waals surface area (Å²) < 4.78 is 29.0. The molecule has 21 heavy (non-hydrogen) atoms. The standard InChI is InChI=1S/C16H12F2N2S/c1-20-15(9-10-19-20)11-5-7-12(8-6-11)21-16-13(17)3-2-4-14(16)18/h2-10H,1H3. The average Bonchev–Trinajstić information content (AvgIpc) is 2.90. The topological polar surface area (TPSA) is 17.8 Å². The molecule has 0 saturated carbocycles. The number of hydrogen-bond acceptors (Lipinski definition) is 2. The Labute approximate surface area is 125 Å². The quantitative estimate of drug-likeness (QED) is 0.708. The molecule has 1 aromatic heterocycles. The molecule has 0 bridgehead atoms. The van der Waals surface area contributed by atoms with Crippen LogP contribution < -0.4 is 0 Å². The van der Waals surface area contributed by atoms with Crippen LogP contribution in [0, 0.1) is 11.6 Å². The normalized spacial score (nSPS) is 10.8. The van der Waals surface area contributed by atoms with E-state index in [1.807, 2.05) is 37.4 Å². The zero-order valence-corrected chi connectivity index (χ0v) is 12.1. The summed E-state index contributed by atoms with van der Waals surface area (Å²) in [5, 5.41) is 4.12. The van der Waals surface area contributed by atoms with Gasteiger partial charge in [-0.1, -0.05) is 30.0 Å². The molecule has 0 fully saturated rings. The predicted octanol–water partition coefficient (Wildman–Crippen LogP) is 4.52. The lowest BCUT2D eigenvalue weighted by Gasteiger charge is -2.06. The van der Waals surface area contributed by atoms with Gasteiger partial charge in [-0.25, -0.2) is 8.78 Å². The number of nitrogens with zero attached hydrogens (tertiary/aromatic N) is 2. The maximum absolute atomic E-state index is 13.6. The highest BCUT2D eigenvalue weighted by Gasteiger charge is 2.10. The molecule has 0 amide bonds. The molecule has 3 aromatic rings. The summed E-state index contributed by atoms with van der Waals surface area (Å²) in [4.78, 5) is 0.802. The maximum Gasteiger partial charge on any atom is 0.140 e. The summed E-state index contributed by atoms with van der Waals surface area (Å²) in [5.41, 5.74) is 2.00. The Morgan fingerprint density at radius 2 is 1.62 bits per heavy atom. The molecule has 0 aliphatic heterocycles. The number of aromatic nitrogens is 2. The van der Waals surface area contributed by atoms with Crippen molar-refractivity contribution in [3.63, 3.8) is 0 Å². The second kappa shape index (κ2) is 5.69. The van der Waals surface area contributed by atoms with E-state index < -0.39 is 11.6 Å². The van der Waals surface area contributed by atoms with Gasteiger partial charge in [0.05, 0.1) is 10.6 Å². The van der Waals surface area contributed by atoms with Crippen molar-refractivity contribution in [2.45, 2.75) is 9.79 Å². The number of aryl methyl sites for hydroxylation is 1. The third-order valence-corrected chi connectivity index (χ3v) is 4.21. The van der Waals surface area contributed by atoms with Crippen molar-refractivity contribution < 1.29 is 8.78 Å². The van der Waals surface area contributed by atoms with E-state index >= 15 is 0 Å². The van der Waals surface area contributed by atoms with Crippen LogP contribution in [0.4, 0.5) is 8.78 Å². The van der Waals surface area contributed by atoms with Crippen molar-refractivity contribution in [2.24, 2.45) is 7.05 Å².